The maximum Gasteiger partial charge on any atom is 0.338 e. The van der Waals surface area contributed by atoms with E-state index in [1.807, 2.05) is 13.0 Å². The Morgan fingerprint density at radius 3 is 2.70 bits per heavy atom. The molecule has 0 aliphatic carbocycles. The van der Waals surface area contributed by atoms with Crippen LogP contribution in [-0.2, 0) is 24.9 Å². The van der Waals surface area contributed by atoms with Crippen molar-refractivity contribution < 1.29 is 9.53 Å². The summed E-state index contributed by atoms with van der Waals surface area (Å²) in [6, 6.07) is 5.31. The molecule has 37 heavy (non-hydrogen) atoms. The fourth-order valence-corrected chi connectivity index (χ4v) is 4.71. The van der Waals surface area contributed by atoms with Gasteiger partial charge in [-0.3, -0.25) is 18.5 Å². The molecule has 0 radical (unpaired) electrons. The van der Waals surface area contributed by atoms with Gasteiger partial charge in [0.1, 0.15) is 0 Å². The van der Waals surface area contributed by atoms with Gasteiger partial charge in [0.05, 0.1) is 24.8 Å². The molecule has 2 aromatic heterocycles. The van der Waals surface area contributed by atoms with Crippen LogP contribution in [0.4, 0.5) is 5.95 Å². The number of esters is 1. The molecular weight excluding hydrogens is 472 g/mol. The summed E-state index contributed by atoms with van der Waals surface area (Å²) in [7, 11) is 1.60. The topological polar surface area (TPSA) is 117 Å². The Morgan fingerprint density at radius 1 is 1.27 bits per heavy atom. The minimum Gasteiger partial charge on any atom is -0.459 e. The molecule has 0 bridgehead atoms. The van der Waals surface area contributed by atoms with Crippen LogP contribution < -0.4 is 21.9 Å². The summed E-state index contributed by atoms with van der Waals surface area (Å²) < 4.78 is 9.70. The highest BCUT2D eigenvalue weighted by atomic mass is 16.5. The Hall–Kier alpha value is -3.84. The van der Waals surface area contributed by atoms with Crippen LogP contribution in [0.1, 0.15) is 55.1 Å². The van der Waals surface area contributed by atoms with Gasteiger partial charge in [0.2, 0.25) is 5.95 Å². The fraction of sp³-hybridized carbons (Fsp3) is 0.481. The van der Waals surface area contributed by atoms with Gasteiger partial charge in [0, 0.05) is 26.2 Å². The Labute approximate surface area is 215 Å². The standard InChI is InChI=1S/C27H34N6O4/c1-6-7-13-32-22-23(29-26(32)31-12-8-9-20(28)16-31)30(5)27(36)33(24(22)34)15-19-11-10-18(4)14-21(19)25(35)37-17(2)3/h10-11,14,17,20H,8-9,12-13,15-16,28H2,1-5H3/t20-/m1/s1. The van der Waals surface area contributed by atoms with Crippen molar-refractivity contribution in [1.82, 2.24) is 18.7 Å². The molecule has 1 aromatic carbocycles. The van der Waals surface area contributed by atoms with Crippen LogP contribution in [0.15, 0.2) is 27.8 Å². The number of nitrogens with two attached hydrogens (primary N) is 1. The molecule has 1 aliphatic heterocycles. The molecule has 2 N–H and O–H groups in total. The fourth-order valence-electron chi connectivity index (χ4n) is 4.71. The van der Waals surface area contributed by atoms with Crippen molar-refractivity contribution in [3.05, 3.63) is 55.7 Å². The number of imidazole rings is 1. The van der Waals surface area contributed by atoms with Gasteiger partial charge in [-0.25, -0.2) is 9.59 Å². The average Bonchev–Trinajstić information content (AvgIpc) is 3.24. The smallest absolute Gasteiger partial charge is 0.338 e. The first kappa shape index (κ1) is 26.2. The van der Waals surface area contributed by atoms with E-state index >= 15 is 0 Å². The SMILES string of the molecule is CC#CCn1c(N2CCC[C@@H](N)C2)nc2c1c(=O)n(Cc1ccc(C)cc1C(=O)OC(C)C)c(=O)n2C. The first-order valence-electron chi connectivity index (χ1n) is 12.5. The minimum absolute atomic E-state index is 0.00491. The number of hydrogen-bond donors (Lipinski definition) is 1. The van der Waals surface area contributed by atoms with Crippen LogP contribution in [0.25, 0.3) is 11.2 Å². The zero-order valence-corrected chi connectivity index (χ0v) is 22.1. The van der Waals surface area contributed by atoms with E-state index in [9.17, 15) is 14.4 Å². The largest absolute Gasteiger partial charge is 0.459 e. The van der Waals surface area contributed by atoms with Crippen LogP contribution in [0.5, 0.6) is 0 Å². The molecular formula is C27H34N6O4. The van der Waals surface area contributed by atoms with Gasteiger partial charge in [-0.1, -0.05) is 23.6 Å². The van der Waals surface area contributed by atoms with Gasteiger partial charge in [-0.05, 0) is 52.2 Å². The molecule has 0 unspecified atom stereocenters. The van der Waals surface area contributed by atoms with E-state index < -0.39 is 17.2 Å². The van der Waals surface area contributed by atoms with Crippen molar-refractivity contribution >= 4 is 23.1 Å². The first-order chi connectivity index (χ1) is 17.6. The number of rotatable bonds is 6. The van der Waals surface area contributed by atoms with Crippen molar-refractivity contribution in [2.24, 2.45) is 12.8 Å². The van der Waals surface area contributed by atoms with Crippen molar-refractivity contribution in [1.29, 1.82) is 0 Å². The number of anilines is 1. The molecule has 0 spiro atoms. The third-order valence-electron chi connectivity index (χ3n) is 6.52. The van der Waals surface area contributed by atoms with Crippen molar-refractivity contribution in [2.45, 2.75) is 65.8 Å². The zero-order chi connectivity index (χ0) is 26.9. The Morgan fingerprint density at radius 2 is 2.03 bits per heavy atom. The highest BCUT2D eigenvalue weighted by Gasteiger charge is 2.26. The number of carbonyl (C=O) groups excluding carboxylic acids is 1. The van der Waals surface area contributed by atoms with E-state index in [1.54, 1.807) is 44.5 Å². The number of aryl methyl sites for hydroxylation is 2. The molecule has 10 nitrogen and oxygen atoms in total. The third-order valence-corrected chi connectivity index (χ3v) is 6.52. The predicted octanol–water partition coefficient (Wildman–Crippen LogP) is 1.77. The molecule has 10 heteroatoms. The number of nitrogens with zero attached hydrogens (tertiary/aromatic N) is 5. The quantitative estimate of drug-likeness (QED) is 0.400. The zero-order valence-electron chi connectivity index (χ0n) is 22.1. The minimum atomic E-state index is -0.519. The van der Waals surface area contributed by atoms with Crippen LogP contribution in [0, 0.1) is 18.8 Å². The monoisotopic (exact) mass is 506 g/mol. The van der Waals surface area contributed by atoms with Crippen LogP contribution >= 0.6 is 0 Å². The second-order valence-electron chi connectivity index (χ2n) is 9.79. The number of carbonyl (C=O) groups is 1. The number of hydrogen-bond acceptors (Lipinski definition) is 7. The van der Waals surface area contributed by atoms with E-state index in [0.29, 0.717) is 29.3 Å². The summed E-state index contributed by atoms with van der Waals surface area (Å²) in [4.78, 5) is 46.8. The van der Waals surface area contributed by atoms with Gasteiger partial charge < -0.3 is 15.4 Å². The van der Waals surface area contributed by atoms with Gasteiger partial charge >= 0.3 is 11.7 Å². The molecule has 3 aromatic rings. The van der Waals surface area contributed by atoms with Gasteiger partial charge in [-0.15, -0.1) is 5.92 Å². The number of fused-ring (bicyclic) bond motifs is 1. The molecule has 1 saturated heterocycles. The second-order valence-corrected chi connectivity index (χ2v) is 9.79. The summed E-state index contributed by atoms with van der Waals surface area (Å²) >= 11 is 0. The maximum absolute atomic E-state index is 13.9. The number of benzene rings is 1. The Balaban J connectivity index is 1.89. The lowest BCUT2D eigenvalue weighted by atomic mass is 10.0. The third kappa shape index (κ3) is 5.18. The van der Waals surface area contributed by atoms with Crippen LogP contribution in [-0.4, -0.2) is 49.9 Å². The lowest BCUT2D eigenvalue weighted by Gasteiger charge is -2.31. The molecule has 1 atom stereocenters. The normalized spacial score (nSPS) is 15.6. The molecule has 196 valence electrons. The Bertz CT molecular complexity index is 1520. The number of aromatic nitrogens is 4. The number of piperidine rings is 1. The molecule has 4 rings (SSSR count). The molecule has 1 fully saturated rings. The van der Waals surface area contributed by atoms with E-state index in [-0.39, 0.29) is 30.8 Å². The van der Waals surface area contributed by atoms with Crippen LogP contribution in [0.3, 0.4) is 0 Å². The average molecular weight is 507 g/mol. The van der Waals surface area contributed by atoms with Crippen molar-refractivity contribution in [3.63, 3.8) is 0 Å². The predicted molar refractivity (Wildman–Crippen MR) is 143 cm³/mol. The van der Waals surface area contributed by atoms with Crippen LogP contribution in [0.2, 0.25) is 0 Å². The van der Waals surface area contributed by atoms with E-state index in [4.69, 9.17) is 15.5 Å². The molecule has 3 heterocycles. The van der Waals surface area contributed by atoms with Gasteiger partial charge in [-0.2, -0.15) is 4.98 Å². The highest BCUT2D eigenvalue weighted by Crippen LogP contribution is 2.23. The summed E-state index contributed by atoms with van der Waals surface area (Å²) in [5, 5.41) is 0. The van der Waals surface area contributed by atoms with Gasteiger partial charge in [0.15, 0.2) is 11.2 Å². The van der Waals surface area contributed by atoms with E-state index in [0.717, 1.165) is 29.5 Å². The second kappa shape index (κ2) is 10.6. The summed E-state index contributed by atoms with van der Waals surface area (Å²) in [5.74, 6) is 5.99. The molecule has 1 aliphatic rings. The Kier molecular flexibility index (Phi) is 7.55. The van der Waals surface area contributed by atoms with Crippen molar-refractivity contribution in [3.8, 4) is 11.8 Å². The summed E-state index contributed by atoms with van der Waals surface area (Å²) in [5.41, 5.74) is 7.52. The van der Waals surface area contributed by atoms with E-state index in [1.165, 1.54) is 4.57 Å². The summed E-state index contributed by atoms with van der Waals surface area (Å²) in [6.45, 7) is 8.67. The molecule has 0 amide bonds. The first-order valence-corrected chi connectivity index (χ1v) is 12.5. The molecule has 0 saturated carbocycles. The van der Waals surface area contributed by atoms with E-state index in [2.05, 4.69) is 16.7 Å². The van der Waals surface area contributed by atoms with Crippen molar-refractivity contribution in [2.75, 3.05) is 18.0 Å². The number of ether oxygens (including phenoxy) is 1. The lowest BCUT2D eigenvalue weighted by Crippen LogP contribution is -2.44. The lowest BCUT2D eigenvalue weighted by molar-refractivity contribution is 0.0376. The summed E-state index contributed by atoms with van der Waals surface area (Å²) in [6.07, 6.45) is 1.54. The highest BCUT2D eigenvalue weighted by molar-refractivity contribution is 5.91. The van der Waals surface area contributed by atoms with Gasteiger partial charge in [0.25, 0.3) is 5.56 Å². The maximum atomic E-state index is 13.9.